The van der Waals surface area contributed by atoms with Gasteiger partial charge in [-0.05, 0) is 26.8 Å². The van der Waals surface area contributed by atoms with Crippen LogP contribution < -0.4 is 5.73 Å². The van der Waals surface area contributed by atoms with E-state index in [4.69, 9.17) is 15.2 Å². The Hall–Kier alpha value is -1.89. The van der Waals surface area contributed by atoms with Crippen LogP contribution in [0, 0.1) is 0 Å². The van der Waals surface area contributed by atoms with Crippen LogP contribution >= 0.6 is 0 Å². The first-order valence-corrected chi connectivity index (χ1v) is 6.52. The van der Waals surface area contributed by atoms with Crippen LogP contribution in [0.4, 0.5) is 10.7 Å². The van der Waals surface area contributed by atoms with Gasteiger partial charge in [-0.25, -0.2) is 14.8 Å². The molecule has 20 heavy (non-hydrogen) atoms. The lowest BCUT2D eigenvalue weighted by Gasteiger charge is -2.36. The molecule has 2 heterocycles. The number of amides is 1. The molecule has 1 amide bonds. The Morgan fingerprint density at radius 3 is 2.95 bits per heavy atom. The molecule has 1 unspecified atom stereocenters. The van der Waals surface area contributed by atoms with Gasteiger partial charge in [0.1, 0.15) is 11.6 Å². The molecule has 7 heteroatoms. The number of nitrogen functional groups attached to an aromatic ring is 1. The smallest absolute Gasteiger partial charge is 0.411 e. The van der Waals surface area contributed by atoms with Gasteiger partial charge in [0, 0.05) is 12.7 Å². The number of morpholine rings is 1. The Bertz CT molecular complexity index is 487. The topological polar surface area (TPSA) is 90.6 Å². The summed E-state index contributed by atoms with van der Waals surface area (Å²) in [6.07, 6.45) is 1.20. The van der Waals surface area contributed by atoms with Crippen LogP contribution in [0.1, 0.15) is 32.5 Å². The molecule has 2 N–H and O–H groups in total. The minimum Gasteiger partial charge on any atom is -0.444 e. The minimum absolute atomic E-state index is 0.178. The van der Waals surface area contributed by atoms with Gasteiger partial charge in [-0.3, -0.25) is 4.90 Å². The first-order valence-electron chi connectivity index (χ1n) is 6.52. The van der Waals surface area contributed by atoms with E-state index in [1.165, 1.54) is 0 Å². The molecule has 1 aliphatic heterocycles. The largest absolute Gasteiger partial charge is 0.444 e. The zero-order valence-corrected chi connectivity index (χ0v) is 12.0. The van der Waals surface area contributed by atoms with E-state index in [-0.39, 0.29) is 18.1 Å². The normalized spacial score (nSPS) is 19.8. The van der Waals surface area contributed by atoms with Gasteiger partial charge in [0.25, 0.3) is 0 Å². The maximum absolute atomic E-state index is 12.3. The molecule has 1 aliphatic rings. The van der Waals surface area contributed by atoms with Crippen molar-refractivity contribution in [3.05, 3.63) is 18.0 Å². The van der Waals surface area contributed by atoms with Gasteiger partial charge in [-0.15, -0.1) is 0 Å². The second-order valence-corrected chi connectivity index (χ2v) is 5.60. The van der Waals surface area contributed by atoms with Gasteiger partial charge in [-0.2, -0.15) is 0 Å². The summed E-state index contributed by atoms with van der Waals surface area (Å²) in [6, 6.07) is 1.43. The first kappa shape index (κ1) is 14.5. The van der Waals surface area contributed by atoms with Crippen molar-refractivity contribution in [3.8, 4) is 0 Å². The molecular formula is C13H20N4O3. The summed E-state index contributed by atoms with van der Waals surface area (Å²) in [4.78, 5) is 21.9. The molecule has 0 bridgehead atoms. The van der Waals surface area contributed by atoms with Crippen molar-refractivity contribution in [2.75, 3.05) is 25.5 Å². The number of hydrogen-bond donors (Lipinski definition) is 1. The fraction of sp³-hybridized carbons (Fsp3) is 0.615. The number of carbonyl (C=O) groups is 1. The van der Waals surface area contributed by atoms with Crippen LogP contribution in [0.25, 0.3) is 0 Å². The van der Waals surface area contributed by atoms with Gasteiger partial charge in [0.2, 0.25) is 5.95 Å². The standard InChI is InChI=1S/C13H20N4O3/c1-13(2,3)20-12(18)17-6-7-19-8-10(17)9-4-5-15-11(14)16-9/h4-5,10H,6-8H2,1-3H3,(H2,14,15,16). The third-order valence-electron chi connectivity index (χ3n) is 2.79. The molecule has 0 aromatic carbocycles. The number of anilines is 1. The SMILES string of the molecule is CC(C)(C)OC(=O)N1CCOCC1c1ccnc(N)n1. The van der Waals surface area contributed by atoms with E-state index < -0.39 is 5.60 Å². The molecule has 1 fully saturated rings. The Labute approximate surface area is 118 Å². The van der Waals surface area contributed by atoms with Gasteiger partial charge in [-0.1, -0.05) is 0 Å². The Morgan fingerprint density at radius 2 is 2.30 bits per heavy atom. The fourth-order valence-electron chi connectivity index (χ4n) is 1.96. The third kappa shape index (κ3) is 3.57. The zero-order chi connectivity index (χ0) is 14.8. The quantitative estimate of drug-likeness (QED) is 0.835. The maximum Gasteiger partial charge on any atom is 0.411 e. The molecular weight excluding hydrogens is 260 g/mol. The van der Waals surface area contributed by atoms with E-state index in [9.17, 15) is 4.79 Å². The second kappa shape index (κ2) is 5.62. The summed E-state index contributed by atoms with van der Waals surface area (Å²) in [5.41, 5.74) is 5.71. The monoisotopic (exact) mass is 280 g/mol. The Balaban J connectivity index is 2.19. The van der Waals surface area contributed by atoms with E-state index in [0.29, 0.717) is 25.5 Å². The molecule has 1 saturated heterocycles. The average Bonchev–Trinajstić information content (AvgIpc) is 2.37. The highest BCUT2D eigenvalue weighted by Crippen LogP contribution is 2.25. The molecule has 0 spiro atoms. The molecule has 2 rings (SSSR count). The molecule has 0 saturated carbocycles. The lowest BCUT2D eigenvalue weighted by atomic mass is 10.1. The number of carbonyl (C=O) groups excluding carboxylic acids is 1. The molecule has 1 atom stereocenters. The number of aromatic nitrogens is 2. The maximum atomic E-state index is 12.3. The highest BCUT2D eigenvalue weighted by Gasteiger charge is 2.32. The highest BCUT2D eigenvalue weighted by molar-refractivity contribution is 5.69. The van der Waals surface area contributed by atoms with Crippen LogP contribution in [0.3, 0.4) is 0 Å². The third-order valence-corrected chi connectivity index (χ3v) is 2.79. The molecule has 110 valence electrons. The van der Waals surface area contributed by atoms with Gasteiger partial charge in [0.05, 0.1) is 18.9 Å². The summed E-state index contributed by atoms with van der Waals surface area (Å²) < 4.78 is 10.9. The van der Waals surface area contributed by atoms with Crippen molar-refractivity contribution in [1.29, 1.82) is 0 Å². The van der Waals surface area contributed by atoms with Crippen molar-refractivity contribution in [3.63, 3.8) is 0 Å². The molecule has 0 aliphatic carbocycles. The highest BCUT2D eigenvalue weighted by atomic mass is 16.6. The van der Waals surface area contributed by atoms with E-state index in [2.05, 4.69) is 9.97 Å². The lowest BCUT2D eigenvalue weighted by Crippen LogP contribution is -2.46. The van der Waals surface area contributed by atoms with Crippen molar-refractivity contribution < 1.29 is 14.3 Å². The van der Waals surface area contributed by atoms with Gasteiger partial charge < -0.3 is 15.2 Å². The van der Waals surface area contributed by atoms with Crippen molar-refractivity contribution in [2.24, 2.45) is 0 Å². The number of ether oxygens (including phenoxy) is 2. The number of rotatable bonds is 1. The average molecular weight is 280 g/mol. The summed E-state index contributed by atoms with van der Waals surface area (Å²) in [5, 5.41) is 0. The summed E-state index contributed by atoms with van der Waals surface area (Å²) in [5.74, 6) is 0.178. The molecule has 0 radical (unpaired) electrons. The van der Waals surface area contributed by atoms with E-state index >= 15 is 0 Å². The molecule has 7 nitrogen and oxygen atoms in total. The van der Waals surface area contributed by atoms with Crippen molar-refractivity contribution in [1.82, 2.24) is 14.9 Å². The van der Waals surface area contributed by atoms with E-state index in [1.54, 1.807) is 17.2 Å². The molecule has 1 aromatic rings. The van der Waals surface area contributed by atoms with Crippen LogP contribution in [0.2, 0.25) is 0 Å². The Morgan fingerprint density at radius 1 is 1.55 bits per heavy atom. The fourth-order valence-corrected chi connectivity index (χ4v) is 1.96. The Kier molecular flexibility index (Phi) is 4.08. The summed E-state index contributed by atoms with van der Waals surface area (Å²) in [6.45, 7) is 6.82. The lowest BCUT2D eigenvalue weighted by molar-refractivity contribution is -0.0340. The van der Waals surface area contributed by atoms with Crippen LogP contribution in [-0.4, -0.2) is 46.3 Å². The van der Waals surface area contributed by atoms with Crippen molar-refractivity contribution >= 4 is 12.0 Å². The molecule has 1 aromatic heterocycles. The summed E-state index contributed by atoms with van der Waals surface area (Å²) in [7, 11) is 0. The van der Waals surface area contributed by atoms with E-state index in [0.717, 1.165) is 0 Å². The number of nitrogens with two attached hydrogens (primary N) is 1. The number of nitrogens with zero attached hydrogens (tertiary/aromatic N) is 3. The minimum atomic E-state index is -0.537. The van der Waals surface area contributed by atoms with E-state index in [1.807, 2.05) is 20.8 Å². The summed E-state index contributed by atoms with van der Waals surface area (Å²) >= 11 is 0. The predicted octanol–water partition coefficient (Wildman–Crippen LogP) is 1.37. The van der Waals surface area contributed by atoms with Crippen LogP contribution in [0.15, 0.2) is 12.3 Å². The second-order valence-electron chi connectivity index (χ2n) is 5.60. The van der Waals surface area contributed by atoms with Gasteiger partial charge >= 0.3 is 6.09 Å². The van der Waals surface area contributed by atoms with Crippen LogP contribution in [0.5, 0.6) is 0 Å². The van der Waals surface area contributed by atoms with Crippen molar-refractivity contribution in [2.45, 2.75) is 32.4 Å². The first-order chi connectivity index (χ1) is 9.37. The predicted molar refractivity (Wildman–Crippen MR) is 72.9 cm³/mol. The number of hydrogen-bond acceptors (Lipinski definition) is 6. The van der Waals surface area contributed by atoms with Crippen LogP contribution in [-0.2, 0) is 9.47 Å². The van der Waals surface area contributed by atoms with Gasteiger partial charge in [0.15, 0.2) is 0 Å². The zero-order valence-electron chi connectivity index (χ0n) is 12.0.